The number of hydrogen-bond donors (Lipinski definition) is 1. The van der Waals surface area contributed by atoms with Gasteiger partial charge in [-0.3, -0.25) is 4.79 Å². The SMILES string of the molecule is COC(=O)C(NC=O)C1CCOCC1. The van der Waals surface area contributed by atoms with Crippen LogP contribution in [0.1, 0.15) is 12.8 Å². The summed E-state index contributed by atoms with van der Waals surface area (Å²) in [6.07, 6.45) is 2.10. The van der Waals surface area contributed by atoms with Gasteiger partial charge in [0, 0.05) is 13.2 Å². The molecule has 14 heavy (non-hydrogen) atoms. The van der Waals surface area contributed by atoms with E-state index in [1.807, 2.05) is 0 Å². The van der Waals surface area contributed by atoms with Gasteiger partial charge in [0.1, 0.15) is 6.04 Å². The zero-order valence-electron chi connectivity index (χ0n) is 8.19. The summed E-state index contributed by atoms with van der Waals surface area (Å²) in [4.78, 5) is 21.6. The van der Waals surface area contributed by atoms with Crippen molar-refractivity contribution in [3.8, 4) is 0 Å². The molecule has 1 N–H and O–H groups in total. The highest BCUT2D eigenvalue weighted by Gasteiger charge is 2.29. The molecule has 0 aromatic heterocycles. The standard InChI is InChI=1S/C9H15NO4/c1-13-9(12)8(10-6-11)7-2-4-14-5-3-7/h6-8H,2-5H2,1H3,(H,10,11). The fraction of sp³-hybridized carbons (Fsp3) is 0.778. The normalized spacial score (nSPS) is 19.8. The van der Waals surface area contributed by atoms with Gasteiger partial charge in [0.25, 0.3) is 0 Å². The molecule has 0 aromatic carbocycles. The van der Waals surface area contributed by atoms with E-state index in [0.29, 0.717) is 19.6 Å². The van der Waals surface area contributed by atoms with E-state index in [-0.39, 0.29) is 11.9 Å². The Labute approximate surface area is 82.8 Å². The average molecular weight is 201 g/mol. The smallest absolute Gasteiger partial charge is 0.328 e. The van der Waals surface area contributed by atoms with Crippen molar-refractivity contribution in [1.29, 1.82) is 0 Å². The topological polar surface area (TPSA) is 64.6 Å². The van der Waals surface area contributed by atoms with Crippen molar-refractivity contribution in [2.45, 2.75) is 18.9 Å². The van der Waals surface area contributed by atoms with Crippen molar-refractivity contribution in [2.24, 2.45) is 5.92 Å². The molecule has 80 valence electrons. The number of hydrogen-bond acceptors (Lipinski definition) is 4. The molecule has 1 unspecified atom stereocenters. The molecule has 1 amide bonds. The molecule has 1 fully saturated rings. The Morgan fingerprint density at radius 1 is 1.57 bits per heavy atom. The van der Waals surface area contributed by atoms with Gasteiger partial charge in [0.2, 0.25) is 6.41 Å². The maximum atomic E-state index is 11.3. The van der Waals surface area contributed by atoms with E-state index in [1.165, 1.54) is 7.11 Å². The molecule has 0 aliphatic carbocycles. The maximum Gasteiger partial charge on any atom is 0.328 e. The lowest BCUT2D eigenvalue weighted by atomic mass is 9.92. The van der Waals surface area contributed by atoms with Crippen molar-refractivity contribution in [2.75, 3.05) is 20.3 Å². The molecular weight excluding hydrogens is 186 g/mol. The second-order valence-corrected chi connectivity index (χ2v) is 3.24. The van der Waals surface area contributed by atoms with Gasteiger partial charge in [-0.25, -0.2) is 4.79 Å². The van der Waals surface area contributed by atoms with E-state index < -0.39 is 6.04 Å². The molecule has 1 saturated heterocycles. The van der Waals surface area contributed by atoms with Crippen LogP contribution in [0.25, 0.3) is 0 Å². The monoisotopic (exact) mass is 201 g/mol. The zero-order valence-corrected chi connectivity index (χ0v) is 8.19. The number of esters is 1. The molecule has 1 aliphatic heterocycles. The fourth-order valence-electron chi connectivity index (χ4n) is 1.65. The number of carbonyl (C=O) groups is 2. The van der Waals surface area contributed by atoms with Crippen molar-refractivity contribution in [3.63, 3.8) is 0 Å². The van der Waals surface area contributed by atoms with E-state index in [1.54, 1.807) is 0 Å². The number of ether oxygens (including phenoxy) is 2. The molecule has 0 saturated carbocycles. The number of rotatable bonds is 4. The Morgan fingerprint density at radius 3 is 2.71 bits per heavy atom. The van der Waals surface area contributed by atoms with Gasteiger partial charge in [0.15, 0.2) is 0 Å². The summed E-state index contributed by atoms with van der Waals surface area (Å²) in [5.74, 6) is -0.259. The highest BCUT2D eigenvalue weighted by Crippen LogP contribution is 2.19. The zero-order chi connectivity index (χ0) is 10.4. The van der Waals surface area contributed by atoms with Crippen LogP contribution in [0.15, 0.2) is 0 Å². The Balaban J connectivity index is 2.55. The van der Waals surface area contributed by atoms with Crippen molar-refractivity contribution in [1.82, 2.24) is 5.32 Å². The molecule has 0 radical (unpaired) electrons. The van der Waals surface area contributed by atoms with Crippen LogP contribution < -0.4 is 5.32 Å². The Kier molecular flexibility index (Phi) is 4.39. The number of carbonyl (C=O) groups excluding carboxylic acids is 2. The van der Waals surface area contributed by atoms with E-state index in [0.717, 1.165) is 12.8 Å². The van der Waals surface area contributed by atoms with E-state index in [2.05, 4.69) is 10.1 Å². The van der Waals surface area contributed by atoms with E-state index >= 15 is 0 Å². The van der Waals surface area contributed by atoms with Gasteiger partial charge in [0.05, 0.1) is 7.11 Å². The first kappa shape index (κ1) is 11.0. The summed E-state index contributed by atoms with van der Waals surface area (Å²) in [7, 11) is 1.32. The Morgan fingerprint density at radius 2 is 2.21 bits per heavy atom. The van der Waals surface area contributed by atoms with Gasteiger partial charge in [-0.05, 0) is 18.8 Å². The van der Waals surface area contributed by atoms with Gasteiger partial charge in [-0.1, -0.05) is 0 Å². The molecule has 1 aliphatic rings. The molecule has 0 bridgehead atoms. The second kappa shape index (κ2) is 5.59. The van der Waals surface area contributed by atoms with Crippen LogP contribution in [0.3, 0.4) is 0 Å². The predicted octanol–water partition coefficient (Wildman–Crippen LogP) is -0.299. The lowest BCUT2D eigenvalue weighted by Gasteiger charge is -2.27. The van der Waals surface area contributed by atoms with Crippen molar-refractivity contribution >= 4 is 12.4 Å². The minimum absolute atomic E-state index is 0.126. The minimum atomic E-state index is -0.526. The van der Waals surface area contributed by atoms with Gasteiger partial charge < -0.3 is 14.8 Å². The van der Waals surface area contributed by atoms with Gasteiger partial charge in [-0.2, -0.15) is 0 Å². The summed E-state index contributed by atoms with van der Waals surface area (Å²) in [5.41, 5.74) is 0. The first-order valence-corrected chi connectivity index (χ1v) is 4.65. The number of methoxy groups -OCH3 is 1. The fourth-order valence-corrected chi connectivity index (χ4v) is 1.65. The summed E-state index contributed by atoms with van der Waals surface area (Å²) in [5, 5.41) is 2.49. The molecule has 5 nitrogen and oxygen atoms in total. The summed E-state index contributed by atoms with van der Waals surface area (Å²) in [6, 6.07) is -0.526. The quantitative estimate of drug-likeness (QED) is 0.501. The van der Waals surface area contributed by atoms with Crippen LogP contribution in [0, 0.1) is 5.92 Å². The largest absolute Gasteiger partial charge is 0.467 e. The van der Waals surface area contributed by atoms with Crippen LogP contribution in [-0.2, 0) is 19.1 Å². The molecular formula is C9H15NO4. The van der Waals surface area contributed by atoms with Crippen LogP contribution in [0.4, 0.5) is 0 Å². The molecule has 1 atom stereocenters. The summed E-state index contributed by atoms with van der Waals surface area (Å²) < 4.78 is 9.79. The lowest BCUT2D eigenvalue weighted by Crippen LogP contribution is -2.44. The third-order valence-corrected chi connectivity index (χ3v) is 2.44. The van der Waals surface area contributed by atoms with Crippen molar-refractivity contribution in [3.05, 3.63) is 0 Å². The molecule has 5 heteroatoms. The third-order valence-electron chi connectivity index (χ3n) is 2.44. The predicted molar refractivity (Wildman–Crippen MR) is 48.5 cm³/mol. The average Bonchev–Trinajstić information content (AvgIpc) is 2.26. The number of amides is 1. The first-order chi connectivity index (χ1) is 6.79. The van der Waals surface area contributed by atoms with Gasteiger partial charge >= 0.3 is 5.97 Å². The number of nitrogens with one attached hydrogen (secondary N) is 1. The molecule has 0 spiro atoms. The summed E-state index contributed by atoms with van der Waals surface area (Å²) >= 11 is 0. The van der Waals surface area contributed by atoms with Crippen LogP contribution in [-0.4, -0.2) is 38.7 Å². The second-order valence-electron chi connectivity index (χ2n) is 3.24. The maximum absolute atomic E-state index is 11.3. The van der Waals surface area contributed by atoms with Gasteiger partial charge in [-0.15, -0.1) is 0 Å². The van der Waals surface area contributed by atoms with Crippen molar-refractivity contribution < 1.29 is 19.1 Å². The third kappa shape index (κ3) is 2.70. The Hall–Kier alpha value is -1.10. The molecule has 1 heterocycles. The summed E-state index contributed by atoms with van der Waals surface area (Å²) in [6.45, 7) is 1.28. The van der Waals surface area contributed by atoms with Crippen LogP contribution >= 0.6 is 0 Å². The first-order valence-electron chi connectivity index (χ1n) is 4.65. The van der Waals surface area contributed by atoms with E-state index in [4.69, 9.17) is 4.74 Å². The molecule has 0 aromatic rings. The lowest BCUT2D eigenvalue weighted by molar-refractivity contribution is -0.146. The highest BCUT2D eigenvalue weighted by molar-refractivity contribution is 5.78. The van der Waals surface area contributed by atoms with E-state index in [9.17, 15) is 9.59 Å². The highest BCUT2D eigenvalue weighted by atomic mass is 16.5. The van der Waals surface area contributed by atoms with Crippen LogP contribution in [0.5, 0.6) is 0 Å². The Bertz CT molecular complexity index is 201. The molecule has 1 rings (SSSR count). The minimum Gasteiger partial charge on any atom is -0.467 e. The van der Waals surface area contributed by atoms with Crippen LogP contribution in [0.2, 0.25) is 0 Å².